The molecule has 0 aliphatic carbocycles. The van der Waals surface area contributed by atoms with Gasteiger partial charge in [-0.2, -0.15) is 0 Å². The number of rotatable bonds is 4. The van der Waals surface area contributed by atoms with Crippen LogP contribution in [0.2, 0.25) is 0 Å². The highest BCUT2D eigenvalue weighted by atomic mass is 32.1. The third-order valence-corrected chi connectivity index (χ3v) is 6.28. The SMILES string of the molecule is C[C@H](c1nc2ccccc2s1)N(C)C(=O)c1ccc(N2CCCC2=O)cc1. The summed E-state index contributed by atoms with van der Waals surface area (Å²) in [6.45, 7) is 2.74. The van der Waals surface area contributed by atoms with Gasteiger partial charge in [-0.1, -0.05) is 12.1 Å². The Kier molecular flexibility index (Phi) is 4.66. The molecule has 1 aromatic heterocycles. The van der Waals surface area contributed by atoms with E-state index in [0.29, 0.717) is 12.0 Å². The fraction of sp³-hybridized carbons (Fsp3) is 0.286. The van der Waals surface area contributed by atoms with Crippen molar-refractivity contribution in [1.82, 2.24) is 9.88 Å². The lowest BCUT2D eigenvalue weighted by Crippen LogP contribution is -2.29. The molecule has 1 saturated heterocycles. The number of hydrogen-bond acceptors (Lipinski definition) is 4. The monoisotopic (exact) mass is 379 g/mol. The first-order valence-corrected chi connectivity index (χ1v) is 9.89. The fourth-order valence-electron chi connectivity index (χ4n) is 3.32. The van der Waals surface area contributed by atoms with Gasteiger partial charge in [0.1, 0.15) is 5.01 Å². The summed E-state index contributed by atoms with van der Waals surface area (Å²) in [6.07, 6.45) is 1.49. The standard InChI is InChI=1S/C21H21N3O2S/c1-14(20-22-17-6-3-4-7-18(17)27-20)23(2)21(26)15-9-11-16(12-10-15)24-13-5-8-19(24)25/h3-4,6-7,9-12,14H,5,8,13H2,1-2H3/t14-/m1/s1. The van der Waals surface area contributed by atoms with E-state index in [4.69, 9.17) is 0 Å². The molecule has 0 radical (unpaired) electrons. The van der Waals surface area contributed by atoms with Gasteiger partial charge >= 0.3 is 0 Å². The smallest absolute Gasteiger partial charge is 0.254 e. The number of amides is 2. The predicted octanol–water partition coefficient (Wildman–Crippen LogP) is 4.26. The van der Waals surface area contributed by atoms with Crippen LogP contribution in [0.5, 0.6) is 0 Å². The van der Waals surface area contributed by atoms with Gasteiger partial charge in [0, 0.05) is 31.3 Å². The highest BCUT2D eigenvalue weighted by Gasteiger charge is 2.24. The zero-order valence-corrected chi connectivity index (χ0v) is 16.2. The summed E-state index contributed by atoms with van der Waals surface area (Å²) in [5.41, 5.74) is 2.43. The van der Waals surface area contributed by atoms with Gasteiger partial charge in [0.15, 0.2) is 0 Å². The van der Waals surface area contributed by atoms with Crippen molar-refractivity contribution in [2.45, 2.75) is 25.8 Å². The minimum Gasteiger partial charge on any atom is -0.333 e. The quantitative estimate of drug-likeness (QED) is 0.681. The fourth-order valence-corrected chi connectivity index (χ4v) is 4.38. The number of nitrogens with zero attached hydrogens (tertiary/aromatic N) is 3. The van der Waals surface area contributed by atoms with E-state index in [1.54, 1.807) is 40.3 Å². The first kappa shape index (κ1) is 17.7. The summed E-state index contributed by atoms with van der Waals surface area (Å²) in [6, 6.07) is 15.2. The zero-order chi connectivity index (χ0) is 19.0. The molecule has 1 fully saturated rings. The van der Waals surface area contributed by atoms with Gasteiger partial charge in [-0.3, -0.25) is 9.59 Å². The van der Waals surface area contributed by atoms with Crippen LogP contribution in [0.1, 0.15) is 41.2 Å². The van der Waals surface area contributed by atoms with Crippen LogP contribution in [0, 0.1) is 0 Å². The molecule has 2 heterocycles. The lowest BCUT2D eigenvalue weighted by molar-refractivity contribution is -0.117. The molecule has 27 heavy (non-hydrogen) atoms. The summed E-state index contributed by atoms with van der Waals surface area (Å²) in [4.78, 5) is 32.9. The topological polar surface area (TPSA) is 53.5 Å². The number of thiazole rings is 1. The number of aromatic nitrogens is 1. The van der Waals surface area contributed by atoms with Crippen LogP contribution in [0.4, 0.5) is 5.69 Å². The van der Waals surface area contributed by atoms with Crippen molar-refractivity contribution < 1.29 is 9.59 Å². The molecule has 1 aliphatic rings. The van der Waals surface area contributed by atoms with Crippen LogP contribution in [-0.2, 0) is 4.79 Å². The molecule has 2 amide bonds. The van der Waals surface area contributed by atoms with Crippen molar-refractivity contribution in [3.63, 3.8) is 0 Å². The van der Waals surface area contributed by atoms with Crippen molar-refractivity contribution in [2.24, 2.45) is 0 Å². The molecule has 3 aromatic rings. The average Bonchev–Trinajstić information content (AvgIpc) is 3.32. The predicted molar refractivity (Wildman–Crippen MR) is 108 cm³/mol. The van der Waals surface area contributed by atoms with Crippen molar-refractivity contribution in [1.29, 1.82) is 0 Å². The Morgan fingerprint density at radius 2 is 1.93 bits per heavy atom. The van der Waals surface area contributed by atoms with E-state index in [-0.39, 0.29) is 17.9 Å². The summed E-state index contributed by atoms with van der Waals surface area (Å²) < 4.78 is 1.12. The zero-order valence-electron chi connectivity index (χ0n) is 15.4. The van der Waals surface area contributed by atoms with Gasteiger partial charge in [-0.15, -0.1) is 11.3 Å². The second-order valence-corrected chi connectivity index (χ2v) is 7.87. The molecular weight excluding hydrogens is 358 g/mol. The largest absolute Gasteiger partial charge is 0.333 e. The van der Waals surface area contributed by atoms with E-state index in [1.165, 1.54) is 0 Å². The highest BCUT2D eigenvalue weighted by Crippen LogP contribution is 2.30. The lowest BCUT2D eigenvalue weighted by Gasteiger charge is -2.23. The second-order valence-electron chi connectivity index (χ2n) is 6.81. The van der Waals surface area contributed by atoms with Crippen molar-refractivity contribution in [2.75, 3.05) is 18.5 Å². The second kappa shape index (κ2) is 7.12. The van der Waals surface area contributed by atoms with Crippen molar-refractivity contribution >= 4 is 39.1 Å². The summed E-state index contributed by atoms with van der Waals surface area (Å²) in [7, 11) is 1.80. The Hall–Kier alpha value is -2.73. The molecule has 0 unspecified atom stereocenters. The van der Waals surface area contributed by atoms with Gasteiger partial charge < -0.3 is 9.80 Å². The Labute approximate surface area is 162 Å². The maximum atomic E-state index is 12.9. The van der Waals surface area contributed by atoms with E-state index in [0.717, 1.165) is 33.9 Å². The van der Waals surface area contributed by atoms with Crippen molar-refractivity contribution in [3.05, 3.63) is 59.1 Å². The minimum absolute atomic E-state index is 0.0546. The molecule has 1 atom stereocenters. The average molecular weight is 379 g/mol. The molecule has 0 saturated carbocycles. The molecule has 0 N–H and O–H groups in total. The summed E-state index contributed by atoms with van der Waals surface area (Å²) >= 11 is 1.62. The van der Waals surface area contributed by atoms with Crippen LogP contribution < -0.4 is 4.90 Å². The highest BCUT2D eigenvalue weighted by molar-refractivity contribution is 7.18. The molecule has 138 valence electrons. The van der Waals surface area contributed by atoms with Gasteiger partial charge in [0.2, 0.25) is 5.91 Å². The van der Waals surface area contributed by atoms with Gasteiger partial charge in [0.25, 0.3) is 5.91 Å². The number of benzene rings is 2. The summed E-state index contributed by atoms with van der Waals surface area (Å²) in [5, 5.41) is 0.923. The maximum absolute atomic E-state index is 12.9. The Morgan fingerprint density at radius 3 is 2.59 bits per heavy atom. The molecule has 0 spiro atoms. The van der Waals surface area contributed by atoms with E-state index < -0.39 is 0 Å². The van der Waals surface area contributed by atoms with Crippen LogP contribution in [0.3, 0.4) is 0 Å². The van der Waals surface area contributed by atoms with Crippen LogP contribution >= 0.6 is 11.3 Å². The Bertz CT molecular complexity index is 963. The first-order valence-electron chi connectivity index (χ1n) is 9.07. The number of fused-ring (bicyclic) bond motifs is 1. The maximum Gasteiger partial charge on any atom is 0.254 e. The molecule has 4 rings (SSSR count). The van der Waals surface area contributed by atoms with Crippen molar-refractivity contribution in [3.8, 4) is 0 Å². The molecule has 1 aliphatic heterocycles. The molecular formula is C21H21N3O2S. The number of hydrogen-bond donors (Lipinski definition) is 0. The Balaban J connectivity index is 1.51. The van der Waals surface area contributed by atoms with E-state index in [9.17, 15) is 9.59 Å². The molecule has 0 bridgehead atoms. The lowest BCUT2D eigenvalue weighted by atomic mass is 10.1. The normalized spacial score (nSPS) is 15.3. The van der Waals surface area contributed by atoms with E-state index in [2.05, 4.69) is 4.98 Å². The van der Waals surface area contributed by atoms with Gasteiger partial charge in [-0.25, -0.2) is 4.98 Å². The summed E-state index contributed by atoms with van der Waals surface area (Å²) in [5.74, 6) is 0.0942. The van der Waals surface area contributed by atoms with Crippen LogP contribution in [0.25, 0.3) is 10.2 Å². The van der Waals surface area contributed by atoms with E-state index in [1.807, 2.05) is 43.3 Å². The van der Waals surface area contributed by atoms with Gasteiger partial charge in [-0.05, 0) is 49.7 Å². The minimum atomic E-state index is -0.116. The molecule has 5 nitrogen and oxygen atoms in total. The third kappa shape index (κ3) is 3.32. The molecule has 6 heteroatoms. The number of para-hydroxylation sites is 1. The molecule has 2 aromatic carbocycles. The van der Waals surface area contributed by atoms with E-state index >= 15 is 0 Å². The number of carbonyl (C=O) groups is 2. The number of anilines is 1. The van der Waals surface area contributed by atoms with Crippen LogP contribution in [-0.4, -0.2) is 35.3 Å². The van der Waals surface area contributed by atoms with Crippen LogP contribution in [0.15, 0.2) is 48.5 Å². The Morgan fingerprint density at radius 1 is 1.19 bits per heavy atom. The third-order valence-electron chi connectivity index (χ3n) is 5.07. The number of carbonyl (C=O) groups excluding carboxylic acids is 2. The first-order chi connectivity index (χ1) is 13.0. The van der Waals surface area contributed by atoms with Gasteiger partial charge in [0.05, 0.1) is 16.3 Å².